The first-order valence-corrected chi connectivity index (χ1v) is 4.30. The lowest BCUT2D eigenvalue weighted by Crippen LogP contribution is -1.90. The van der Waals surface area contributed by atoms with Crippen LogP contribution in [0.25, 0.3) is 10.9 Å². The van der Waals surface area contributed by atoms with Gasteiger partial charge < -0.3 is 5.11 Å². The Balaban J connectivity index is 2.91. The zero-order valence-corrected chi connectivity index (χ0v) is 7.04. The minimum Gasteiger partial charge on any atom is -0.375 e. The minimum atomic E-state index is -0.132. The number of aliphatic hydroxyl groups excluding tert-OH is 1. The van der Waals surface area contributed by atoms with Crippen LogP contribution in [-0.2, 0) is 6.73 Å². The van der Waals surface area contributed by atoms with Gasteiger partial charge in [0.2, 0.25) is 0 Å². The second-order valence-corrected chi connectivity index (χ2v) is 3.41. The van der Waals surface area contributed by atoms with Crippen LogP contribution in [0.5, 0.6) is 0 Å². The van der Waals surface area contributed by atoms with Gasteiger partial charge in [0.1, 0.15) is 6.73 Å². The Bertz CT molecular complexity index is 457. The van der Waals surface area contributed by atoms with Crippen LogP contribution in [0.4, 0.5) is 0 Å². The van der Waals surface area contributed by atoms with E-state index >= 15 is 0 Å². The van der Waals surface area contributed by atoms with Crippen LogP contribution in [0, 0.1) is 0 Å². The van der Waals surface area contributed by atoms with E-state index in [0.717, 1.165) is 17.0 Å². The summed E-state index contributed by atoms with van der Waals surface area (Å²) in [5.41, 5.74) is 0.801. The predicted octanol–water partition coefficient (Wildman–Crippen LogP) is 1.01. The molecular weight excluding hydrogens is 174 g/mol. The van der Waals surface area contributed by atoms with E-state index in [-0.39, 0.29) is 11.5 Å². The van der Waals surface area contributed by atoms with Crippen molar-refractivity contribution in [3.05, 3.63) is 33.8 Å². The van der Waals surface area contributed by atoms with E-state index in [1.54, 1.807) is 10.0 Å². The zero-order chi connectivity index (χ0) is 8.55. The van der Waals surface area contributed by atoms with Crippen LogP contribution in [-0.4, -0.2) is 9.06 Å². The van der Waals surface area contributed by atoms with Crippen molar-refractivity contribution in [2.45, 2.75) is 6.73 Å². The maximum Gasteiger partial charge on any atom is 0.257 e. The average Bonchev–Trinajstić information content (AvgIpc) is 2.44. The number of aliphatic hydroxyl groups is 1. The first kappa shape index (κ1) is 7.52. The van der Waals surface area contributed by atoms with Gasteiger partial charge in [0.15, 0.2) is 0 Å². The molecule has 0 radical (unpaired) electrons. The fourth-order valence-electron chi connectivity index (χ4n) is 1.17. The second kappa shape index (κ2) is 2.73. The summed E-state index contributed by atoms with van der Waals surface area (Å²) in [6, 6.07) is 7.25. The summed E-state index contributed by atoms with van der Waals surface area (Å²) >= 11 is 1.04. The molecule has 0 bridgehead atoms. The lowest BCUT2D eigenvalue weighted by Gasteiger charge is -1.94. The number of nitrogens with zero attached hydrogens (tertiary/aromatic N) is 1. The highest BCUT2D eigenvalue weighted by Crippen LogP contribution is 2.12. The van der Waals surface area contributed by atoms with Crippen LogP contribution in [0.1, 0.15) is 0 Å². The fourth-order valence-corrected chi connectivity index (χ4v) is 1.95. The average molecular weight is 181 g/mol. The molecule has 1 N–H and O–H groups in total. The molecule has 2 rings (SSSR count). The van der Waals surface area contributed by atoms with E-state index in [1.165, 1.54) is 0 Å². The molecule has 0 atom stereocenters. The Morgan fingerprint density at radius 3 is 2.92 bits per heavy atom. The van der Waals surface area contributed by atoms with Gasteiger partial charge in [-0.1, -0.05) is 12.1 Å². The lowest BCUT2D eigenvalue weighted by molar-refractivity contribution is 0.226. The molecule has 0 amide bonds. The highest BCUT2D eigenvalue weighted by molar-refractivity contribution is 7.05. The molecule has 3 nitrogen and oxygen atoms in total. The van der Waals surface area contributed by atoms with Gasteiger partial charge in [-0.05, 0) is 23.7 Å². The number of benzene rings is 1. The first-order valence-electron chi connectivity index (χ1n) is 3.52. The second-order valence-electron chi connectivity index (χ2n) is 2.42. The molecule has 1 aromatic heterocycles. The largest absolute Gasteiger partial charge is 0.375 e. The smallest absolute Gasteiger partial charge is 0.257 e. The van der Waals surface area contributed by atoms with Crippen molar-refractivity contribution in [3.8, 4) is 0 Å². The van der Waals surface area contributed by atoms with Crippen molar-refractivity contribution < 1.29 is 5.11 Å². The topological polar surface area (TPSA) is 42.2 Å². The highest BCUT2D eigenvalue weighted by Gasteiger charge is 2.03. The molecule has 0 aliphatic rings. The molecule has 0 aliphatic carbocycles. The Kier molecular flexibility index (Phi) is 1.71. The summed E-state index contributed by atoms with van der Waals surface area (Å²) in [7, 11) is 0. The molecule has 0 aliphatic heterocycles. The number of fused-ring (bicyclic) bond motifs is 1. The molecule has 0 saturated heterocycles. The van der Waals surface area contributed by atoms with Gasteiger partial charge in [-0.25, -0.2) is 0 Å². The normalized spacial score (nSPS) is 10.8. The van der Waals surface area contributed by atoms with Gasteiger partial charge in [-0.15, -0.1) is 0 Å². The summed E-state index contributed by atoms with van der Waals surface area (Å²) in [4.78, 5) is 11.2. The molecule has 1 aromatic carbocycles. The molecule has 12 heavy (non-hydrogen) atoms. The third kappa shape index (κ3) is 0.964. The molecule has 4 heteroatoms. The molecule has 62 valence electrons. The van der Waals surface area contributed by atoms with Gasteiger partial charge in [-0.2, -0.15) is 0 Å². The maximum absolute atomic E-state index is 11.2. The summed E-state index contributed by atoms with van der Waals surface area (Å²) < 4.78 is 1.57. The molecule has 2 aromatic rings. The number of hydrogen-bond donors (Lipinski definition) is 1. The van der Waals surface area contributed by atoms with Crippen LogP contribution in [0.3, 0.4) is 0 Å². The number of rotatable bonds is 1. The van der Waals surface area contributed by atoms with E-state index in [1.807, 2.05) is 18.2 Å². The molecule has 0 spiro atoms. The standard InChI is InChI=1S/C8H7NO2S/c10-5-9-7-4-2-1-3-6(7)8(11)12-9/h1-4,10H,5H2. The quantitative estimate of drug-likeness (QED) is 0.713. The van der Waals surface area contributed by atoms with Crippen LogP contribution in [0.2, 0.25) is 0 Å². The molecule has 0 fully saturated rings. The van der Waals surface area contributed by atoms with Gasteiger partial charge in [0.05, 0.1) is 10.9 Å². The van der Waals surface area contributed by atoms with Gasteiger partial charge in [0.25, 0.3) is 4.74 Å². The monoisotopic (exact) mass is 181 g/mol. The molecule has 1 heterocycles. The Hall–Kier alpha value is -1.13. The zero-order valence-electron chi connectivity index (χ0n) is 6.23. The van der Waals surface area contributed by atoms with E-state index in [9.17, 15) is 4.79 Å². The highest BCUT2D eigenvalue weighted by atomic mass is 32.1. The van der Waals surface area contributed by atoms with Gasteiger partial charge in [-0.3, -0.25) is 8.75 Å². The third-order valence-electron chi connectivity index (χ3n) is 1.71. The van der Waals surface area contributed by atoms with Gasteiger partial charge >= 0.3 is 0 Å². The number of para-hydroxylation sites is 1. The summed E-state index contributed by atoms with van der Waals surface area (Å²) in [6.45, 7) is -0.132. The summed E-state index contributed by atoms with van der Waals surface area (Å²) in [6.07, 6.45) is 0. The molecule has 0 unspecified atom stereocenters. The van der Waals surface area contributed by atoms with Crippen molar-refractivity contribution in [3.63, 3.8) is 0 Å². The van der Waals surface area contributed by atoms with Gasteiger partial charge in [0, 0.05) is 0 Å². The minimum absolute atomic E-state index is 0.000324. The third-order valence-corrected chi connectivity index (χ3v) is 2.63. The Morgan fingerprint density at radius 1 is 1.42 bits per heavy atom. The van der Waals surface area contributed by atoms with Crippen LogP contribution >= 0.6 is 11.5 Å². The van der Waals surface area contributed by atoms with Crippen LogP contribution < -0.4 is 4.74 Å². The SMILES string of the molecule is O=c1sn(CO)c2ccccc12. The van der Waals surface area contributed by atoms with Crippen LogP contribution in [0.15, 0.2) is 29.1 Å². The Labute approximate surface area is 72.6 Å². The van der Waals surface area contributed by atoms with Crippen molar-refractivity contribution in [1.29, 1.82) is 0 Å². The van der Waals surface area contributed by atoms with E-state index in [0.29, 0.717) is 5.39 Å². The van der Waals surface area contributed by atoms with E-state index in [4.69, 9.17) is 5.11 Å². The van der Waals surface area contributed by atoms with Crippen molar-refractivity contribution in [1.82, 2.24) is 3.96 Å². The maximum atomic E-state index is 11.2. The van der Waals surface area contributed by atoms with Crippen molar-refractivity contribution in [2.75, 3.05) is 0 Å². The molecule has 0 saturated carbocycles. The van der Waals surface area contributed by atoms with Crippen molar-refractivity contribution >= 4 is 22.4 Å². The molecular formula is C8H7NO2S. The predicted molar refractivity (Wildman–Crippen MR) is 48.3 cm³/mol. The number of hydrogen-bond acceptors (Lipinski definition) is 3. The first-order chi connectivity index (χ1) is 5.83. The van der Waals surface area contributed by atoms with E-state index < -0.39 is 0 Å². The Morgan fingerprint density at radius 2 is 2.17 bits per heavy atom. The van der Waals surface area contributed by atoms with Crippen molar-refractivity contribution in [2.24, 2.45) is 0 Å². The fraction of sp³-hybridized carbons (Fsp3) is 0.125. The van der Waals surface area contributed by atoms with E-state index in [2.05, 4.69) is 0 Å². The lowest BCUT2D eigenvalue weighted by atomic mass is 10.3. The summed E-state index contributed by atoms with van der Waals surface area (Å²) in [5.74, 6) is 0. The summed E-state index contributed by atoms with van der Waals surface area (Å²) in [5, 5.41) is 9.56. The number of aromatic nitrogens is 1.